The van der Waals surface area contributed by atoms with Crippen molar-refractivity contribution >= 4 is 0 Å². The standard InChI is InChI=1S/C13H29N/c1-7-9-14(13(6)8-2)10-12(5)11(3)4/h11-13H,7-10H2,1-6H3. The van der Waals surface area contributed by atoms with Crippen LogP contribution in [0.25, 0.3) is 0 Å². The van der Waals surface area contributed by atoms with Gasteiger partial charge in [0.15, 0.2) is 0 Å². The highest BCUT2D eigenvalue weighted by atomic mass is 15.1. The summed E-state index contributed by atoms with van der Waals surface area (Å²) in [5, 5.41) is 0. The Hall–Kier alpha value is -0.0400. The summed E-state index contributed by atoms with van der Waals surface area (Å²) in [6.07, 6.45) is 2.54. The van der Waals surface area contributed by atoms with E-state index in [1.165, 1.54) is 25.9 Å². The van der Waals surface area contributed by atoms with Crippen molar-refractivity contribution in [3.63, 3.8) is 0 Å². The van der Waals surface area contributed by atoms with Gasteiger partial charge in [-0.25, -0.2) is 0 Å². The molecule has 0 saturated carbocycles. The molecular formula is C13H29N. The van der Waals surface area contributed by atoms with Crippen molar-refractivity contribution in [1.29, 1.82) is 0 Å². The summed E-state index contributed by atoms with van der Waals surface area (Å²) >= 11 is 0. The molecule has 0 radical (unpaired) electrons. The normalized spacial score (nSPS) is 16.3. The first-order valence-corrected chi connectivity index (χ1v) is 6.26. The summed E-state index contributed by atoms with van der Waals surface area (Å²) in [6.45, 7) is 16.4. The highest BCUT2D eigenvalue weighted by Gasteiger charge is 2.16. The molecule has 0 fully saturated rings. The Morgan fingerprint density at radius 1 is 1.00 bits per heavy atom. The molecule has 0 aromatic rings. The van der Waals surface area contributed by atoms with Crippen molar-refractivity contribution in [3.05, 3.63) is 0 Å². The minimum atomic E-state index is 0.746. The van der Waals surface area contributed by atoms with Crippen LogP contribution in [0.4, 0.5) is 0 Å². The molecule has 0 heterocycles. The van der Waals surface area contributed by atoms with Gasteiger partial charge in [0.05, 0.1) is 0 Å². The van der Waals surface area contributed by atoms with Gasteiger partial charge in [-0.1, -0.05) is 34.6 Å². The second-order valence-electron chi connectivity index (χ2n) is 4.97. The highest BCUT2D eigenvalue weighted by Crippen LogP contribution is 2.14. The van der Waals surface area contributed by atoms with E-state index in [2.05, 4.69) is 46.4 Å². The Morgan fingerprint density at radius 2 is 1.57 bits per heavy atom. The predicted molar refractivity (Wildman–Crippen MR) is 65.6 cm³/mol. The van der Waals surface area contributed by atoms with Crippen LogP contribution in [0, 0.1) is 11.8 Å². The molecule has 0 N–H and O–H groups in total. The van der Waals surface area contributed by atoms with Crippen LogP contribution in [-0.4, -0.2) is 24.0 Å². The first kappa shape index (κ1) is 14.0. The lowest BCUT2D eigenvalue weighted by atomic mass is 9.96. The van der Waals surface area contributed by atoms with Crippen molar-refractivity contribution < 1.29 is 0 Å². The first-order chi connectivity index (χ1) is 6.52. The minimum Gasteiger partial charge on any atom is -0.300 e. The molecule has 2 atom stereocenters. The zero-order valence-corrected chi connectivity index (χ0v) is 11.0. The SMILES string of the molecule is CCCN(CC(C)C(C)C)C(C)CC. The Morgan fingerprint density at radius 3 is 1.93 bits per heavy atom. The predicted octanol–water partition coefficient (Wildman–Crippen LogP) is 3.79. The van der Waals surface area contributed by atoms with Crippen molar-refractivity contribution in [2.24, 2.45) is 11.8 Å². The molecule has 0 spiro atoms. The van der Waals surface area contributed by atoms with Gasteiger partial charge in [0.25, 0.3) is 0 Å². The molecule has 0 rings (SSSR count). The zero-order chi connectivity index (χ0) is 11.1. The maximum atomic E-state index is 2.64. The molecule has 0 aliphatic heterocycles. The monoisotopic (exact) mass is 199 g/mol. The summed E-state index contributed by atoms with van der Waals surface area (Å²) < 4.78 is 0. The second-order valence-corrected chi connectivity index (χ2v) is 4.97. The largest absolute Gasteiger partial charge is 0.300 e. The van der Waals surface area contributed by atoms with E-state index in [4.69, 9.17) is 0 Å². The molecule has 2 unspecified atom stereocenters. The van der Waals surface area contributed by atoms with Crippen LogP contribution < -0.4 is 0 Å². The summed E-state index contributed by atoms with van der Waals surface area (Å²) in [5.41, 5.74) is 0. The quantitative estimate of drug-likeness (QED) is 0.603. The third-order valence-electron chi connectivity index (χ3n) is 3.39. The molecular weight excluding hydrogens is 170 g/mol. The molecule has 14 heavy (non-hydrogen) atoms. The van der Waals surface area contributed by atoms with Crippen LogP contribution in [-0.2, 0) is 0 Å². The van der Waals surface area contributed by atoms with E-state index in [1.54, 1.807) is 0 Å². The van der Waals surface area contributed by atoms with Gasteiger partial charge in [0, 0.05) is 12.6 Å². The van der Waals surface area contributed by atoms with Gasteiger partial charge in [0.2, 0.25) is 0 Å². The van der Waals surface area contributed by atoms with Gasteiger partial charge < -0.3 is 4.90 Å². The van der Waals surface area contributed by atoms with Gasteiger partial charge in [0.1, 0.15) is 0 Å². The molecule has 0 aliphatic carbocycles. The van der Waals surface area contributed by atoms with E-state index in [0.717, 1.165) is 17.9 Å². The smallest absolute Gasteiger partial charge is 0.00644 e. The van der Waals surface area contributed by atoms with Crippen molar-refractivity contribution in [3.8, 4) is 0 Å². The number of nitrogens with zero attached hydrogens (tertiary/aromatic N) is 1. The van der Waals surface area contributed by atoms with Gasteiger partial charge in [-0.15, -0.1) is 0 Å². The third-order valence-corrected chi connectivity index (χ3v) is 3.39. The maximum absolute atomic E-state index is 2.64. The molecule has 0 saturated heterocycles. The number of rotatable bonds is 7. The average Bonchev–Trinajstić information content (AvgIpc) is 2.15. The minimum absolute atomic E-state index is 0.746. The summed E-state index contributed by atoms with van der Waals surface area (Å²) in [5.74, 6) is 1.62. The number of hydrogen-bond donors (Lipinski definition) is 0. The number of hydrogen-bond acceptors (Lipinski definition) is 1. The van der Waals surface area contributed by atoms with Gasteiger partial charge in [-0.05, 0) is 38.1 Å². The highest BCUT2D eigenvalue weighted by molar-refractivity contribution is 4.70. The molecule has 0 amide bonds. The van der Waals surface area contributed by atoms with Crippen LogP contribution in [0.3, 0.4) is 0 Å². The molecule has 0 bridgehead atoms. The van der Waals surface area contributed by atoms with Crippen molar-refractivity contribution in [2.75, 3.05) is 13.1 Å². The van der Waals surface area contributed by atoms with E-state index in [9.17, 15) is 0 Å². The van der Waals surface area contributed by atoms with Crippen LogP contribution in [0.15, 0.2) is 0 Å². The van der Waals surface area contributed by atoms with Gasteiger partial charge >= 0.3 is 0 Å². The van der Waals surface area contributed by atoms with E-state index < -0.39 is 0 Å². The Balaban J connectivity index is 4.07. The lowest BCUT2D eigenvalue weighted by Gasteiger charge is -2.31. The van der Waals surface area contributed by atoms with E-state index in [1.807, 2.05) is 0 Å². The topological polar surface area (TPSA) is 3.24 Å². The molecule has 86 valence electrons. The summed E-state index contributed by atoms with van der Waals surface area (Å²) in [6, 6.07) is 0.746. The molecule has 0 aromatic carbocycles. The van der Waals surface area contributed by atoms with Crippen molar-refractivity contribution in [2.45, 2.75) is 60.4 Å². The molecule has 1 heteroatoms. The van der Waals surface area contributed by atoms with E-state index >= 15 is 0 Å². The fourth-order valence-electron chi connectivity index (χ4n) is 1.62. The molecule has 1 nitrogen and oxygen atoms in total. The Kier molecular flexibility index (Phi) is 7.26. The lowest BCUT2D eigenvalue weighted by molar-refractivity contribution is 0.160. The van der Waals surface area contributed by atoms with Crippen molar-refractivity contribution in [1.82, 2.24) is 4.90 Å². The second kappa shape index (κ2) is 7.28. The van der Waals surface area contributed by atoms with Crippen LogP contribution in [0.2, 0.25) is 0 Å². The molecule has 0 aliphatic rings. The molecule has 0 aromatic heterocycles. The van der Waals surface area contributed by atoms with Gasteiger partial charge in [-0.3, -0.25) is 0 Å². The first-order valence-electron chi connectivity index (χ1n) is 6.26. The Bertz CT molecular complexity index is 131. The average molecular weight is 199 g/mol. The van der Waals surface area contributed by atoms with E-state index in [-0.39, 0.29) is 0 Å². The fourth-order valence-corrected chi connectivity index (χ4v) is 1.62. The zero-order valence-electron chi connectivity index (χ0n) is 11.0. The summed E-state index contributed by atoms with van der Waals surface area (Å²) in [7, 11) is 0. The fraction of sp³-hybridized carbons (Fsp3) is 1.00. The van der Waals surface area contributed by atoms with Crippen LogP contribution >= 0.6 is 0 Å². The summed E-state index contributed by atoms with van der Waals surface area (Å²) in [4.78, 5) is 2.64. The van der Waals surface area contributed by atoms with Crippen LogP contribution in [0.5, 0.6) is 0 Å². The van der Waals surface area contributed by atoms with E-state index in [0.29, 0.717) is 0 Å². The lowest BCUT2D eigenvalue weighted by Crippen LogP contribution is -2.37. The maximum Gasteiger partial charge on any atom is 0.00644 e. The Labute approximate surface area is 90.9 Å². The van der Waals surface area contributed by atoms with Crippen LogP contribution in [0.1, 0.15) is 54.4 Å². The third kappa shape index (κ3) is 4.99. The van der Waals surface area contributed by atoms with Gasteiger partial charge in [-0.2, -0.15) is 0 Å².